The molecule has 0 aliphatic rings. The number of likely N-dealkylation sites (N-methyl/N-ethyl adjacent to an activating group) is 1. The molecule has 2 heterocycles. The molecule has 0 aliphatic carbocycles. The standard InChI is InChI=1S/C12H13N3O3/c1-8-4-3-5-10-13-9(6-15(8)10)12(18)14(2)7-11(16)17/h3-6H,7H2,1-2H3,(H,16,17). The first-order chi connectivity index (χ1) is 8.49. The Morgan fingerprint density at radius 1 is 1.44 bits per heavy atom. The van der Waals surface area contributed by atoms with Gasteiger partial charge in [0.15, 0.2) is 0 Å². The number of hydrogen-bond donors (Lipinski definition) is 1. The predicted molar refractivity (Wildman–Crippen MR) is 64.5 cm³/mol. The SMILES string of the molecule is Cc1cccc2nc(C(=O)N(C)CC(=O)O)cn12. The lowest BCUT2D eigenvalue weighted by Crippen LogP contribution is -2.32. The van der Waals surface area contributed by atoms with Gasteiger partial charge < -0.3 is 14.4 Å². The fourth-order valence-electron chi connectivity index (χ4n) is 1.72. The van der Waals surface area contributed by atoms with E-state index in [0.717, 1.165) is 10.6 Å². The Morgan fingerprint density at radius 3 is 2.78 bits per heavy atom. The molecule has 18 heavy (non-hydrogen) atoms. The molecule has 6 nitrogen and oxygen atoms in total. The van der Waals surface area contributed by atoms with Crippen LogP contribution in [-0.2, 0) is 4.79 Å². The number of aryl methyl sites for hydroxylation is 1. The molecule has 6 heteroatoms. The molecule has 0 fully saturated rings. The zero-order valence-electron chi connectivity index (χ0n) is 10.1. The fourth-order valence-corrected chi connectivity index (χ4v) is 1.72. The Hall–Kier alpha value is -2.37. The molecule has 0 radical (unpaired) electrons. The molecular formula is C12H13N3O3. The van der Waals surface area contributed by atoms with E-state index in [1.807, 2.05) is 19.1 Å². The summed E-state index contributed by atoms with van der Waals surface area (Å²) in [4.78, 5) is 27.8. The van der Waals surface area contributed by atoms with Crippen molar-refractivity contribution in [2.75, 3.05) is 13.6 Å². The van der Waals surface area contributed by atoms with E-state index in [2.05, 4.69) is 4.98 Å². The highest BCUT2D eigenvalue weighted by atomic mass is 16.4. The second-order valence-electron chi connectivity index (χ2n) is 4.08. The normalized spacial score (nSPS) is 10.6. The Morgan fingerprint density at radius 2 is 2.17 bits per heavy atom. The number of pyridine rings is 1. The van der Waals surface area contributed by atoms with E-state index in [4.69, 9.17) is 5.11 Å². The third-order valence-corrected chi connectivity index (χ3v) is 2.63. The Bertz CT molecular complexity index is 618. The quantitative estimate of drug-likeness (QED) is 0.870. The molecule has 2 aromatic rings. The van der Waals surface area contributed by atoms with Crippen molar-refractivity contribution in [3.63, 3.8) is 0 Å². The van der Waals surface area contributed by atoms with Gasteiger partial charge in [0, 0.05) is 18.9 Å². The smallest absolute Gasteiger partial charge is 0.323 e. The third-order valence-electron chi connectivity index (χ3n) is 2.63. The highest BCUT2D eigenvalue weighted by molar-refractivity contribution is 5.94. The number of amides is 1. The lowest BCUT2D eigenvalue weighted by molar-refractivity contribution is -0.137. The number of imidazole rings is 1. The largest absolute Gasteiger partial charge is 0.480 e. The molecule has 2 rings (SSSR count). The number of carboxylic acids is 1. The number of fused-ring (bicyclic) bond motifs is 1. The van der Waals surface area contributed by atoms with Gasteiger partial charge in [-0.05, 0) is 19.1 Å². The van der Waals surface area contributed by atoms with Crippen LogP contribution in [0.2, 0.25) is 0 Å². The summed E-state index contributed by atoms with van der Waals surface area (Å²) in [5.74, 6) is -1.45. The molecule has 0 saturated heterocycles. The maximum Gasteiger partial charge on any atom is 0.323 e. The van der Waals surface area contributed by atoms with Gasteiger partial charge in [-0.2, -0.15) is 0 Å². The minimum absolute atomic E-state index is 0.244. The van der Waals surface area contributed by atoms with E-state index in [9.17, 15) is 9.59 Å². The molecular weight excluding hydrogens is 234 g/mol. The molecule has 0 saturated carbocycles. The molecule has 94 valence electrons. The number of carbonyl (C=O) groups is 2. The van der Waals surface area contributed by atoms with Gasteiger partial charge in [-0.25, -0.2) is 4.98 Å². The lowest BCUT2D eigenvalue weighted by Gasteiger charge is -2.12. The summed E-state index contributed by atoms with van der Waals surface area (Å²) in [6, 6.07) is 5.55. The number of rotatable bonds is 3. The number of aromatic nitrogens is 2. The molecule has 0 atom stereocenters. The highest BCUT2D eigenvalue weighted by Gasteiger charge is 2.17. The van der Waals surface area contributed by atoms with E-state index < -0.39 is 11.9 Å². The van der Waals surface area contributed by atoms with Gasteiger partial charge in [-0.1, -0.05) is 6.07 Å². The van der Waals surface area contributed by atoms with Crippen LogP contribution < -0.4 is 0 Å². The summed E-state index contributed by atoms with van der Waals surface area (Å²) >= 11 is 0. The van der Waals surface area contributed by atoms with Crippen molar-refractivity contribution in [1.29, 1.82) is 0 Å². The first-order valence-electron chi connectivity index (χ1n) is 5.41. The summed E-state index contributed by atoms with van der Waals surface area (Å²) in [5, 5.41) is 8.64. The number of carboxylic acid groups (broad SMARTS) is 1. The topological polar surface area (TPSA) is 74.9 Å². The number of nitrogens with zero attached hydrogens (tertiary/aromatic N) is 3. The van der Waals surface area contributed by atoms with Crippen LogP contribution in [0.4, 0.5) is 0 Å². The van der Waals surface area contributed by atoms with Gasteiger partial charge >= 0.3 is 5.97 Å². The molecule has 0 bridgehead atoms. The van der Waals surface area contributed by atoms with Crippen LogP contribution in [0.3, 0.4) is 0 Å². The average Bonchev–Trinajstić information content (AvgIpc) is 2.72. The van der Waals surface area contributed by atoms with E-state index in [0.29, 0.717) is 5.65 Å². The van der Waals surface area contributed by atoms with Gasteiger partial charge in [0.05, 0.1) is 0 Å². The number of carbonyl (C=O) groups excluding carboxylic acids is 1. The lowest BCUT2D eigenvalue weighted by atomic mass is 10.4. The Balaban J connectivity index is 2.34. The number of aliphatic carboxylic acids is 1. The zero-order valence-corrected chi connectivity index (χ0v) is 10.1. The van der Waals surface area contributed by atoms with E-state index in [1.54, 1.807) is 16.7 Å². The van der Waals surface area contributed by atoms with Crippen LogP contribution in [0.1, 0.15) is 16.2 Å². The second-order valence-corrected chi connectivity index (χ2v) is 4.08. The van der Waals surface area contributed by atoms with Gasteiger partial charge in [0.1, 0.15) is 17.9 Å². The zero-order chi connectivity index (χ0) is 13.3. The minimum atomic E-state index is -1.05. The molecule has 1 amide bonds. The van der Waals surface area contributed by atoms with Gasteiger partial charge in [-0.15, -0.1) is 0 Å². The van der Waals surface area contributed by atoms with Crippen LogP contribution in [0.15, 0.2) is 24.4 Å². The maximum absolute atomic E-state index is 11.9. The summed E-state index contributed by atoms with van der Waals surface area (Å²) in [5.41, 5.74) is 1.87. The summed E-state index contributed by atoms with van der Waals surface area (Å²) in [6.07, 6.45) is 1.62. The van der Waals surface area contributed by atoms with Crippen LogP contribution in [0, 0.1) is 6.92 Å². The minimum Gasteiger partial charge on any atom is -0.480 e. The molecule has 2 aromatic heterocycles. The molecule has 0 aliphatic heterocycles. The molecule has 0 aromatic carbocycles. The van der Waals surface area contributed by atoms with Crippen molar-refractivity contribution < 1.29 is 14.7 Å². The summed E-state index contributed by atoms with van der Waals surface area (Å²) < 4.78 is 1.79. The van der Waals surface area contributed by atoms with Crippen molar-refractivity contribution in [3.05, 3.63) is 35.8 Å². The number of hydrogen-bond acceptors (Lipinski definition) is 3. The Kier molecular flexibility index (Phi) is 3.01. The van der Waals surface area contributed by atoms with E-state index in [-0.39, 0.29) is 12.2 Å². The van der Waals surface area contributed by atoms with E-state index in [1.165, 1.54) is 7.05 Å². The molecule has 1 N–H and O–H groups in total. The molecule has 0 spiro atoms. The van der Waals surface area contributed by atoms with Crippen molar-refractivity contribution in [2.24, 2.45) is 0 Å². The Labute approximate surface area is 103 Å². The average molecular weight is 247 g/mol. The first kappa shape index (κ1) is 12.1. The van der Waals surface area contributed by atoms with Crippen molar-refractivity contribution in [2.45, 2.75) is 6.92 Å². The maximum atomic E-state index is 11.9. The second kappa shape index (κ2) is 4.48. The van der Waals surface area contributed by atoms with Crippen molar-refractivity contribution in [3.8, 4) is 0 Å². The van der Waals surface area contributed by atoms with Crippen molar-refractivity contribution in [1.82, 2.24) is 14.3 Å². The van der Waals surface area contributed by atoms with Crippen LogP contribution in [0.25, 0.3) is 5.65 Å². The van der Waals surface area contributed by atoms with E-state index >= 15 is 0 Å². The van der Waals surface area contributed by atoms with Crippen LogP contribution in [-0.4, -0.2) is 44.9 Å². The fraction of sp³-hybridized carbons (Fsp3) is 0.250. The monoisotopic (exact) mass is 247 g/mol. The summed E-state index contributed by atoms with van der Waals surface area (Å²) in [7, 11) is 1.44. The van der Waals surface area contributed by atoms with Gasteiger partial charge in [0.25, 0.3) is 5.91 Å². The van der Waals surface area contributed by atoms with Crippen LogP contribution in [0.5, 0.6) is 0 Å². The van der Waals surface area contributed by atoms with Gasteiger partial charge in [-0.3, -0.25) is 9.59 Å². The third kappa shape index (κ3) is 2.17. The van der Waals surface area contributed by atoms with Crippen molar-refractivity contribution >= 4 is 17.5 Å². The predicted octanol–water partition coefficient (Wildman–Crippen LogP) is 0.799. The highest BCUT2D eigenvalue weighted by Crippen LogP contribution is 2.09. The van der Waals surface area contributed by atoms with Crippen LogP contribution >= 0.6 is 0 Å². The first-order valence-corrected chi connectivity index (χ1v) is 5.41. The van der Waals surface area contributed by atoms with Gasteiger partial charge in [0.2, 0.25) is 0 Å². The summed E-state index contributed by atoms with van der Waals surface area (Å²) in [6.45, 7) is 1.57. The molecule has 0 unspecified atom stereocenters.